The zero-order valence-electron chi connectivity index (χ0n) is 32.3. The number of aliphatic hydroxyl groups is 7. The van der Waals surface area contributed by atoms with Crippen LogP contribution >= 0.6 is 0 Å². The van der Waals surface area contributed by atoms with Crippen LogP contribution in [0.25, 0.3) is 0 Å². The van der Waals surface area contributed by atoms with Gasteiger partial charge in [-0.3, -0.25) is 24.0 Å². The van der Waals surface area contributed by atoms with Gasteiger partial charge in [-0.05, 0) is 19.1 Å². The lowest BCUT2D eigenvalue weighted by molar-refractivity contribution is -0.384. The van der Waals surface area contributed by atoms with Crippen LogP contribution in [0.2, 0.25) is 0 Å². The third kappa shape index (κ3) is 13.6. The molecule has 336 valence electrons. The van der Waals surface area contributed by atoms with Crippen molar-refractivity contribution >= 4 is 41.8 Å². The molecule has 1 aromatic carbocycles. The number of ether oxygens (including phenoxy) is 9. The zero-order chi connectivity index (χ0) is 44.8. The number of carboxylic acid groups (broad SMARTS) is 1. The summed E-state index contributed by atoms with van der Waals surface area (Å²) >= 11 is 0. The Bertz CT molecular complexity index is 1640. The molecule has 2 saturated heterocycles. The van der Waals surface area contributed by atoms with Crippen LogP contribution in [0.4, 0.5) is 0 Å². The van der Waals surface area contributed by atoms with Crippen LogP contribution in [0.15, 0.2) is 30.3 Å². The Kier molecular flexibility index (Phi) is 18.7. The number of aliphatic carboxylic acids is 1. The first-order valence-electron chi connectivity index (χ1n) is 18.3. The van der Waals surface area contributed by atoms with E-state index in [0.29, 0.717) is 0 Å². The average molecular weight is 865 g/mol. The van der Waals surface area contributed by atoms with Gasteiger partial charge in [0.25, 0.3) is 0 Å². The maximum absolute atomic E-state index is 13.3. The maximum Gasteiger partial charge on any atom is 0.339 e. The first kappa shape index (κ1) is 49.5. The number of hydrogen-bond acceptors (Lipinski definition) is 23. The van der Waals surface area contributed by atoms with Gasteiger partial charge < -0.3 is 83.5 Å². The molecular formula is C36H48O24. The number of carboxylic acids is 1. The number of rotatable bonds is 22. The van der Waals surface area contributed by atoms with Crippen LogP contribution in [-0.4, -0.2) is 189 Å². The summed E-state index contributed by atoms with van der Waals surface area (Å²) in [6.45, 7) is -2.44. The highest BCUT2D eigenvalue weighted by molar-refractivity contribution is 5.90. The summed E-state index contributed by atoms with van der Waals surface area (Å²) in [6.07, 6.45) is -21.5. The third-order valence-corrected chi connectivity index (χ3v) is 8.77. The number of aliphatic hydroxyl groups excluding tert-OH is 6. The largest absolute Gasteiger partial charge is 0.481 e. The van der Waals surface area contributed by atoms with Crippen molar-refractivity contribution in [1.82, 2.24) is 0 Å². The summed E-state index contributed by atoms with van der Waals surface area (Å²) in [5.41, 5.74) is -3.18. The topological polar surface area (TPSA) is 364 Å². The van der Waals surface area contributed by atoms with Crippen molar-refractivity contribution in [2.75, 3.05) is 39.6 Å². The molecule has 24 nitrogen and oxygen atoms in total. The van der Waals surface area contributed by atoms with Crippen molar-refractivity contribution in [3.8, 4) is 0 Å². The van der Waals surface area contributed by atoms with Gasteiger partial charge in [0.1, 0.15) is 56.4 Å². The Morgan fingerprint density at radius 2 is 1.42 bits per heavy atom. The number of benzene rings is 1. The van der Waals surface area contributed by atoms with E-state index < -0.39 is 167 Å². The minimum absolute atomic E-state index is 0.0250. The van der Waals surface area contributed by atoms with Crippen LogP contribution < -0.4 is 0 Å². The molecule has 0 amide bonds. The molecule has 0 aliphatic carbocycles. The number of hydrogen-bond donors (Lipinski definition) is 8. The van der Waals surface area contributed by atoms with Crippen LogP contribution in [-0.2, 0) is 71.4 Å². The summed E-state index contributed by atoms with van der Waals surface area (Å²) in [5, 5.41) is 82.8. The summed E-state index contributed by atoms with van der Waals surface area (Å²) in [6, 6.07) is 7.40. The van der Waals surface area contributed by atoms with Crippen molar-refractivity contribution in [2.45, 2.75) is 106 Å². The molecular weight excluding hydrogens is 816 g/mol. The Morgan fingerprint density at radius 1 is 0.783 bits per heavy atom. The van der Waals surface area contributed by atoms with Crippen molar-refractivity contribution in [3.63, 3.8) is 0 Å². The van der Waals surface area contributed by atoms with E-state index >= 15 is 0 Å². The SMILES string of the molecule is CCOC(=O)CCC(=O)O[C@H]1[C@H](O)[C@@H](CO)O[C@@]1(COC(=O)CC(O)(CC(=O)O)C(=O)OCC(COC(C)=O)OC(=O)c1ccccc1)O[C@H]1O[C@H](CO)[C@@H](O)[C@H](O)[C@H]1O. The minimum atomic E-state index is -3.23. The first-order valence-corrected chi connectivity index (χ1v) is 18.3. The highest BCUT2D eigenvalue weighted by atomic mass is 16.8. The highest BCUT2D eigenvalue weighted by Crippen LogP contribution is 2.39. The fraction of sp³-hybridized carbons (Fsp3) is 0.639. The summed E-state index contributed by atoms with van der Waals surface area (Å²) in [7, 11) is 0. The van der Waals surface area contributed by atoms with Gasteiger partial charge in [0, 0.05) is 6.92 Å². The molecule has 2 aliphatic heterocycles. The van der Waals surface area contributed by atoms with Crippen molar-refractivity contribution in [1.29, 1.82) is 0 Å². The van der Waals surface area contributed by atoms with Gasteiger partial charge in [-0.1, -0.05) is 18.2 Å². The molecule has 0 radical (unpaired) electrons. The summed E-state index contributed by atoms with van der Waals surface area (Å²) in [5.74, 6) is -11.9. The first-order chi connectivity index (χ1) is 28.3. The number of carbonyl (C=O) groups is 7. The molecule has 8 N–H and O–H groups in total. The molecule has 0 bridgehead atoms. The van der Waals surface area contributed by atoms with E-state index in [1.165, 1.54) is 31.2 Å². The molecule has 2 unspecified atom stereocenters. The van der Waals surface area contributed by atoms with E-state index in [-0.39, 0.29) is 12.2 Å². The van der Waals surface area contributed by atoms with E-state index in [9.17, 15) is 74.4 Å². The average Bonchev–Trinajstić information content (AvgIpc) is 3.46. The van der Waals surface area contributed by atoms with Gasteiger partial charge in [-0.25, -0.2) is 9.59 Å². The quantitative estimate of drug-likeness (QED) is 0.0406. The predicted octanol–water partition coefficient (Wildman–Crippen LogP) is -4.02. The second-order valence-corrected chi connectivity index (χ2v) is 13.4. The molecule has 0 spiro atoms. The smallest absolute Gasteiger partial charge is 0.339 e. The van der Waals surface area contributed by atoms with Crippen molar-refractivity contribution in [3.05, 3.63) is 35.9 Å². The lowest BCUT2D eigenvalue weighted by Crippen LogP contribution is -2.63. The molecule has 2 fully saturated rings. The molecule has 2 heterocycles. The van der Waals surface area contributed by atoms with Crippen LogP contribution in [0.5, 0.6) is 0 Å². The van der Waals surface area contributed by atoms with Crippen molar-refractivity contribution < 1.29 is 117 Å². The van der Waals surface area contributed by atoms with E-state index in [0.717, 1.165) is 6.92 Å². The van der Waals surface area contributed by atoms with Crippen LogP contribution in [0, 0.1) is 0 Å². The molecule has 0 aromatic heterocycles. The van der Waals surface area contributed by atoms with Gasteiger partial charge in [0.2, 0.25) is 5.79 Å². The Hall–Kier alpha value is -4.89. The van der Waals surface area contributed by atoms with E-state index in [2.05, 4.69) is 0 Å². The van der Waals surface area contributed by atoms with Gasteiger partial charge in [-0.2, -0.15) is 0 Å². The lowest BCUT2D eigenvalue weighted by Gasteiger charge is -2.43. The fourth-order valence-corrected chi connectivity index (χ4v) is 5.75. The monoisotopic (exact) mass is 864 g/mol. The zero-order valence-corrected chi connectivity index (χ0v) is 32.3. The summed E-state index contributed by atoms with van der Waals surface area (Å²) < 4.78 is 47.1. The van der Waals surface area contributed by atoms with Crippen LogP contribution in [0.1, 0.15) is 49.9 Å². The molecule has 1 aromatic rings. The van der Waals surface area contributed by atoms with Gasteiger partial charge in [0.05, 0.1) is 51.1 Å². The predicted molar refractivity (Wildman–Crippen MR) is 187 cm³/mol. The number of esters is 6. The minimum Gasteiger partial charge on any atom is -0.481 e. The Morgan fingerprint density at radius 3 is 2.02 bits per heavy atom. The molecule has 3 rings (SSSR count). The van der Waals surface area contributed by atoms with Gasteiger partial charge in [-0.15, -0.1) is 0 Å². The molecule has 0 saturated carbocycles. The summed E-state index contributed by atoms with van der Waals surface area (Å²) in [4.78, 5) is 87.2. The maximum atomic E-state index is 13.3. The van der Waals surface area contributed by atoms with Gasteiger partial charge >= 0.3 is 41.8 Å². The highest BCUT2D eigenvalue weighted by Gasteiger charge is 2.62. The lowest BCUT2D eigenvalue weighted by atomic mass is 9.95. The normalized spacial score (nSPS) is 27.7. The molecule has 11 atom stereocenters. The standard InChI is InChI=1S/C36H48O24/c1-3-52-24(42)9-10-25(43)58-31-28(46)22(14-38)59-36(31,60-33-30(48)29(47)27(45)21(13-37)57-33)17-55-26(44)12-35(51,11-23(40)41)34(50)54-16-20(15-53-18(2)39)56-32(49)19-7-5-4-6-8-19/h4-8,20-22,27-31,33,37-38,45-48,51H,3,9-17H2,1-2H3,(H,40,41)/t20?,21-,22-,27-,28-,29+,30-,31+,33-,35?,36+/m1/s1. The van der Waals surface area contributed by atoms with E-state index in [1.54, 1.807) is 6.07 Å². The second-order valence-electron chi connectivity index (χ2n) is 13.4. The fourth-order valence-electron chi connectivity index (χ4n) is 5.75. The molecule has 60 heavy (non-hydrogen) atoms. The van der Waals surface area contributed by atoms with Crippen molar-refractivity contribution in [2.24, 2.45) is 0 Å². The van der Waals surface area contributed by atoms with Gasteiger partial charge in [0.15, 0.2) is 24.1 Å². The third-order valence-electron chi connectivity index (χ3n) is 8.77. The Balaban J connectivity index is 1.88. The number of carbonyl (C=O) groups excluding carboxylic acids is 6. The second kappa shape index (κ2) is 22.6. The molecule has 24 heteroatoms. The van der Waals surface area contributed by atoms with Crippen LogP contribution in [0.3, 0.4) is 0 Å². The van der Waals surface area contributed by atoms with E-state index in [4.69, 9.17) is 42.6 Å². The Labute approximate surface area is 340 Å². The molecule has 2 aliphatic rings. The van der Waals surface area contributed by atoms with E-state index in [1.807, 2.05) is 0 Å².